The Kier molecular flexibility index (Phi) is 13.9. The summed E-state index contributed by atoms with van der Waals surface area (Å²) in [5, 5.41) is 12.5. The first-order chi connectivity index (χ1) is 26.9. The van der Waals surface area contributed by atoms with E-state index in [-0.39, 0.29) is 60.1 Å². The number of phenols is 1. The van der Waals surface area contributed by atoms with Gasteiger partial charge in [0.2, 0.25) is 5.75 Å². The summed E-state index contributed by atoms with van der Waals surface area (Å²) in [6, 6.07) is 2.85. The molecule has 2 aromatic rings. The highest BCUT2D eigenvalue weighted by molar-refractivity contribution is 7.98. The van der Waals surface area contributed by atoms with Crippen LogP contribution in [0.25, 0.3) is 0 Å². The molecule has 312 valence electrons. The maximum atomic E-state index is 13.6. The van der Waals surface area contributed by atoms with Crippen molar-refractivity contribution in [1.82, 2.24) is 5.32 Å². The molecule has 6 atom stereocenters. The molecule has 0 saturated heterocycles. The number of nitrogens with two attached hydrogens (primary N) is 4. The van der Waals surface area contributed by atoms with Crippen molar-refractivity contribution in [2.45, 2.75) is 95.8 Å². The highest BCUT2D eigenvalue weighted by atomic mass is 32.2. The molecular weight excluding hydrogens is 759 g/mol. The third-order valence-corrected chi connectivity index (χ3v) is 12.2. The number of phenolic OH excluding ortho intramolecular Hbond substituents is 1. The fourth-order valence-corrected chi connectivity index (χ4v) is 9.16. The molecule has 0 heterocycles. The number of nitrogens with one attached hydrogen (secondary N) is 1. The number of ether oxygens (including phenoxy) is 3. The van der Waals surface area contributed by atoms with Gasteiger partial charge in [-0.2, -0.15) is 11.8 Å². The zero-order valence-corrected chi connectivity index (χ0v) is 33.9. The molecule has 57 heavy (non-hydrogen) atoms. The highest BCUT2D eigenvalue weighted by Gasteiger charge is 2.61. The van der Waals surface area contributed by atoms with Crippen LogP contribution in [0.5, 0.6) is 23.0 Å². The lowest BCUT2D eigenvalue weighted by Gasteiger charge is -2.58. The molecule has 0 spiro atoms. The normalized spacial score (nSPS) is 24.2. The summed E-state index contributed by atoms with van der Waals surface area (Å²) in [5.74, 6) is -3.96. The first-order valence-electron chi connectivity index (χ1n) is 19.1. The van der Waals surface area contributed by atoms with E-state index in [1.54, 1.807) is 13.0 Å². The van der Waals surface area contributed by atoms with Crippen LogP contribution in [0.3, 0.4) is 0 Å². The fourth-order valence-electron chi connectivity index (χ4n) is 8.53. The van der Waals surface area contributed by atoms with Gasteiger partial charge >= 0.3 is 29.8 Å². The molecule has 4 fully saturated rings. The van der Waals surface area contributed by atoms with Gasteiger partial charge in [-0.3, -0.25) is 4.79 Å². The van der Waals surface area contributed by atoms with E-state index in [4.69, 9.17) is 46.9 Å². The van der Waals surface area contributed by atoms with Gasteiger partial charge in [0.1, 0.15) is 23.4 Å². The van der Waals surface area contributed by atoms with Crippen LogP contribution in [0.15, 0.2) is 24.3 Å². The van der Waals surface area contributed by atoms with Gasteiger partial charge in [-0.25, -0.2) is 29.0 Å². The zero-order chi connectivity index (χ0) is 41.8. The molecule has 4 saturated carbocycles. The minimum Gasteiger partial charge on any atom is -0.508 e. The monoisotopic (exact) mass is 813 g/mol. The molecular formula is C40H55N5O11S. The van der Waals surface area contributed by atoms with Crippen molar-refractivity contribution in [3.05, 3.63) is 46.5 Å². The Morgan fingerprint density at radius 3 is 2.21 bits per heavy atom. The molecule has 0 aromatic heterocycles. The predicted molar refractivity (Wildman–Crippen MR) is 210 cm³/mol. The second kappa shape index (κ2) is 18.1. The summed E-state index contributed by atoms with van der Waals surface area (Å²) in [6.07, 6.45) is 5.96. The number of carbonyl (C=O) groups is 5. The molecule has 0 aliphatic heterocycles. The number of benzene rings is 2. The third-order valence-electron chi connectivity index (χ3n) is 11.6. The first-order valence-corrected chi connectivity index (χ1v) is 20.5. The van der Waals surface area contributed by atoms with Gasteiger partial charge in [0, 0.05) is 6.04 Å². The lowest BCUT2D eigenvalue weighted by atomic mass is 9.47. The largest absolute Gasteiger partial charge is 0.508 e. The molecule has 5 unspecified atom stereocenters. The number of thioether (sulfide) groups is 1. The van der Waals surface area contributed by atoms with Crippen LogP contribution in [0.4, 0.5) is 0 Å². The van der Waals surface area contributed by atoms with Crippen LogP contribution in [0.2, 0.25) is 0 Å². The quantitative estimate of drug-likeness (QED) is 0.0612. The van der Waals surface area contributed by atoms with Gasteiger partial charge in [-0.15, -0.1) is 0 Å². The molecule has 4 aliphatic rings. The number of carbonyl (C=O) groups excluding carboxylic acids is 5. The van der Waals surface area contributed by atoms with Crippen LogP contribution >= 0.6 is 11.8 Å². The molecule has 0 amide bonds. The van der Waals surface area contributed by atoms with E-state index in [2.05, 4.69) is 5.32 Å². The number of hydrogen-bond acceptors (Lipinski definition) is 17. The smallest absolute Gasteiger partial charge is 0.372 e. The van der Waals surface area contributed by atoms with E-state index in [1.807, 2.05) is 6.26 Å². The van der Waals surface area contributed by atoms with Crippen molar-refractivity contribution in [2.24, 2.45) is 46.1 Å². The Labute approximate surface area is 336 Å². The van der Waals surface area contributed by atoms with Gasteiger partial charge in [0.15, 0.2) is 11.5 Å². The fraction of sp³-hybridized carbons (Fsp3) is 0.575. The number of hydrogen-bond donors (Lipinski definition) is 6. The average molecular weight is 814 g/mol. The van der Waals surface area contributed by atoms with E-state index in [9.17, 15) is 29.1 Å². The minimum atomic E-state index is -1.50. The van der Waals surface area contributed by atoms with Gasteiger partial charge in [0.05, 0.1) is 12.0 Å². The second-order valence-corrected chi connectivity index (χ2v) is 17.1. The lowest BCUT2D eigenvalue weighted by molar-refractivity contribution is -0.274. The van der Waals surface area contributed by atoms with Crippen molar-refractivity contribution in [3.63, 3.8) is 0 Å². The molecule has 16 nitrogen and oxygen atoms in total. The van der Waals surface area contributed by atoms with Gasteiger partial charge < -0.3 is 47.6 Å². The van der Waals surface area contributed by atoms with E-state index in [1.165, 1.54) is 50.9 Å². The van der Waals surface area contributed by atoms with Crippen molar-refractivity contribution in [3.8, 4) is 23.0 Å². The van der Waals surface area contributed by atoms with Crippen molar-refractivity contribution < 1.29 is 53.1 Å². The average Bonchev–Trinajstić information content (AvgIpc) is 3.15. The maximum Gasteiger partial charge on any atom is 0.372 e. The molecule has 6 rings (SSSR count). The van der Waals surface area contributed by atoms with Gasteiger partial charge in [0.25, 0.3) is 0 Å². The third kappa shape index (κ3) is 9.89. The van der Waals surface area contributed by atoms with E-state index < -0.39 is 64.7 Å². The molecule has 17 heteroatoms. The number of likely N-dealkylation sites (N-methyl/N-ethyl adjacent to an activating group) is 1. The van der Waals surface area contributed by atoms with Gasteiger partial charge in [-0.1, -0.05) is 6.07 Å². The van der Waals surface area contributed by atoms with Crippen molar-refractivity contribution in [1.29, 1.82) is 0 Å². The highest BCUT2D eigenvalue weighted by Crippen LogP contribution is 2.60. The Morgan fingerprint density at radius 1 is 0.930 bits per heavy atom. The maximum absolute atomic E-state index is 13.6. The van der Waals surface area contributed by atoms with E-state index in [0.29, 0.717) is 41.6 Å². The summed E-state index contributed by atoms with van der Waals surface area (Å²) in [5.41, 5.74) is 24.9. The Bertz CT molecular complexity index is 1860. The van der Waals surface area contributed by atoms with E-state index in [0.717, 1.165) is 19.3 Å². The molecule has 0 radical (unpaired) electrons. The van der Waals surface area contributed by atoms with Crippen molar-refractivity contribution in [2.75, 3.05) is 25.6 Å². The molecule has 4 aliphatic carbocycles. The summed E-state index contributed by atoms with van der Waals surface area (Å²) < 4.78 is 17.3. The first kappa shape index (κ1) is 43.9. The van der Waals surface area contributed by atoms with Crippen LogP contribution in [-0.4, -0.2) is 84.2 Å². The summed E-state index contributed by atoms with van der Waals surface area (Å²) in [4.78, 5) is 77.0. The zero-order valence-electron chi connectivity index (χ0n) is 33.1. The predicted octanol–water partition coefficient (Wildman–Crippen LogP) is 2.01. The summed E-state index contributed by atoms with van der Waals surface area (Å²) in [7, 11) is 1.52. The lowest BCUT2D eigenvalue weighted by Crippen LogP contribution is -2.63. The van der Waals surface area contributed by atoms with E-state index >= 15 is 0 Å². The van der Waals surface area contributed by atoms with Crippen LogP contribution < -0.4 is 42.5 Å². The number of aryl methyl sites for hydroxylation is 1. The standard InChI is InChI=1S/C40H55N5O11S/c1-20-10-27(46)7-6-24(20)14-28(41)35(48)52-30-16-25(21(2)32(53-31(47)19-45-4)33(30)54-37(50)39(3,44)8-9-57-5)15-29(42)36(49)55-56-38(51)40-17-22-11-23(18-40)13-26(12-22)34(40)43/h6-7,10,16,22-23,26,28-29,34,45-46H,8-9,11-15,17-19,41-44H2,1-5H3/t22?,23?,26?,28?,29?,34?,39-,40?/m1/s1. The Morgan fingerprint density at radius 2 is 1.58 bits per heavy atom. The molecule has 4 bridgehead atoms. The topological polar surface area (TPSA) is 268 Å². The number of esters is 3. The minimum absolute atomic E-state index is 0.0158. The van der Waals surface area contributed by atoms with Crippen LogP contribution in [-0.2, 0) is 46.6 Å². The second-order valence-electron chi connectivity index (χ2n) is 16.1. The number of rotatable bonds is 16. The van der Waals surface area contributed by atoms with Crippen LogP contribution in [0.1, 0.15) is 67.7 Å². The molecule has 10 N–H and O–H groups in total. The summed E-state index contributed by atoms with van der Waals surface area (Å²) >= 11 is 1.47. The number of aromatic hydroxyl groups is 1. The Balaban J connectivity index is 1.43. The van der Waals surface area contributed by atoms with Gasteiger partial charge in [-0.05, 0) is 149 Å². The van der Waals surface area contributed by atoms with Crippen LogP contribution in [0, 0.1) is 37.0 Å². The van der Waals surface area contributed by atoms with Crippen molar-refractivity contribution >= 4 is 41.6 Å². The SMILES string of the molecule is CNCC(=O)Oc1c(C)c(CC(N)C(=O)OOC(=O)C23CC4CC(CC(C4)C2N)C3)cc(OC(=O)C(N)Cc2ccc(O)cc2C)c1OC(=O)[C@](C)(N)CCSC. The Hall–Kier alpha value is -4.26. The molecule has 2 aromatic carbocycles. The summed E-state index contributed by atoms with van der Waals surface area (Å²) in [6.45, 7) is 4.50.